The Morgan fingerprint density at radius 1 is 1.04 bits per heavy atom. The molecule has 2 aliphatic heterocycles. The van der Waals surface area contributed by atoms with Crippen LogP contribution in [-0.2, 0) is 0 Å². The third-order valence-corrected chi connectivity index (χ3v) is 5.53. The molecule has 5 heteroatoms. The maximum atomic E-state index is 14.1. The molecule has 2 fully saturated rings. The summed E-state index contributed by atoms with van der Waals surface area (Å²) in [5.41, 5.74) is 0.0499. The molecule has 0 radical (unpaired) electrons. The second-order valence-corrected chi connectivity index (χ2v) is 7.11. The topological polar surface area (TPSA) is 41.1 Å². The van der Waals surface area contributed by atoms with Gasteiger partial charge in [0.2, 0.25) is 0 Å². The van der Waals surface area contributed by atoms with E-state index in [9.17, 15) is 13.6 Å². The maximum absolute atomic E-state index is 14.1. The Kier molecular flexibility index (Phi) is 5.95. The van der Waals surface area contributed by atoms with Crippen LogP contribution in [0.25, 0.3) is 0 Å². The lowest BCUT2D eigenvalue weighted by atomic mass is 9.74. The molecule has 1 aromatic carbocycles. The lowest BCUT2D eigenvalue weighted by Gasteiger charge is -2.33. The van der Waals surface area contributed by atoms with E-state index >= 15 is 0 Å². The van der Waals surface area contributed by atoms with Gasteiger partial charge in [0.25, 0.3) is 0 Å². The van der Waals surface area contributed by atoms with Crippen LogP contribution >= 0.6 is 0 Å². The van der Waals surface area contributed by atoms with E-state index in [2.05, 4.69) is 10.6 Å². The Morgan fingerprint density at radius 2 is 1.67 bits per heavy atom. The third-order valence-electron chi connectivity index (χ3n) is 5.53. The minimum atomic E-state index is -0.732. The maximum Gasteiger partial charge on any atom is 0.169 e. The van der Waals surface area contributed by atoms with E-state index in [1.807, 2.05) is 0 Å². The van der Waals surface area contributed by atoms with E-state index < -0.39 is 11.6 Å². The lowest BCUT2D eigenvalue weighted by Crippen LogP contribution is -2.37. The van der Waals surface area contributed by atoms with Gasteiger partial charge in [-0.3, -0.25) is 4.79 Å². The zero-order chi connectivity index (χ0) is 16.9. The molecule has 2 saturated heterocycles. The molecule has 2 N–H and O–H groups in total. The number of carbonyl (C=O) groups is 1. The molecule has 0 bridgehead atoms. The van der Waals surface area contributed by atoms with Crippen molar-refractivity contribution in [1.82, 2.24) is 10.6 Å². The number of ketones is 1. The van der Waals surface area contributed by atoms with Crippen LogP contribution in [0.3, 0.4) is 0 Å². The first-order valence-electron chi connectivity index (χ1n) is 9.06. The summed E-state index contributed by atoms with van der Waals surface area (Å²) >= 11 is 0. The van der Waals surface area contributed by atoms with Crippen LogP contribution in [0, 0.1) is 29.4 Å². The molecule has 3 nitrogen and oxygen atoms in total. The van der Waals surface area contributed by atoms with Crippen molar-refractivity contribution in [2.75, 3.05) is 26.2 Å². The van der Waals surface area contributed by atoms with Gasteiger partial charge >= 0.3 is 0 Å². The Morgan fingerprint density at radius 3 is 2.29 bits per heavy atom. The van der Waals surface area contributed by atoms with Crippen molar-refractivity contribution in [2.24, 2.45) is 17.8 Å². The summed E-state index contributed by atoms with van der Waals surface area (Å²) in [6.07, 6.45) is 4.86. The number of benzene rings is 1. The van der Waals surface area contributed by atoms with Crippen molar-refractivity contribution < 1.29 is 13.6 Å². The predicted molar refractivity (Wildman–Crippen MR) is 90.0 cm³/mol. The minimum Gasteiger partial charge on any atom is -0.317 e. The summed E-state index contributed by atoms with van der Waals surface area (Å²) in [4.78, 5) is 13.1. The van der Waals surface area contributed by atoms with Gasteiger partial charge in [-0.15, -0.1) is 0 Å². The molecule has 2 heterocycles. The fraction of sp³-hybridized carbons (Fsp3) is 0.632. The van der Waals surface area contributed by atoms with Crippen molar-refractivity contribution in [3.63, 3.8) is 0 Å². The van der Waals surface area contributed by atoms with Crippen LogP contribution in [-0.4, -0.2) is 32.0 Å². The Hall–Kier alpha value is -1.33. The summed E-state index contributed by atoms with van der Waals surface area (Å²) < 4.78 is 27.3. The molecule has 0 aromatic heterocycles. The SMILES string of the molecule is O=C(c1ccc(F)cc1F)C(CC1CCNCC1)C1CCNCC1. The number of halogens is 2. The highest BCUT2D eigenvalue weighted by Gasteiger charge is 2.33. The van der Waals surface area contributed by atoms with Crippen molar-refractivity contribution in [1.29, 1.82) is 0 Å². The number of rotatable bonds is 5. The number of carbonyl (C=O) groups excluding carboxylic acids is 1. The monoisotopic (exact) mass is 336 g/mol. The molecule has 3 rings (SSSR count). The summed E-state index contributed by atoms with van der Waals surface area (Å²) in [5.74, 6) is -0.866. The zero-order valence-electron chi connectivity index (χ0n) is 14.0. The van der Waals surface area contributed by atoms with Crippen molar-refractivity contribution in [3.05, 3.63) is 35.4 Å². The summed E-state index contributed by atoms with van der Waals surface area (Å²) in [6, 6.07) is 3.31. The first kappa shape index (κ1) is 17.5. The van der Waals surface area contributed by atoms with Crippen LogP contribution in [0.4, 0.5) is 8.78 Å². The lowest BCUT2D eigenvalue weighted by molar-refractivity contribution is 0.0802. The molecule has 0 saturated carbocycles. The summed E-state index contributed by atoms with van der Waals surface area (Å²) in [7, 11) is 0. The average molecular weight is 336 g/mol. The van der Waals surface area contributed by atoms with Gasteiger partial charge in [0.1, 0.15) is 11.6 Å². The molecule has 132 valence electrons. The van der Waals surface area contributed by atoms with E-state index in [1.165, 1.54) is 12.1 Å². The van der Waals surface area contributed by atoms with Crippen LogP contribution in [0.2, 0.25) is 0 Å². The molecule has 0 aliphatic carbocycles. The van der Waals surface area contributed by atoms with E-state index in [0.717, 1.165) is 64.3 Å². The smallest absolute Gasteiger partial charge is 0.169 e. The average Bonchev–Trinajstić information content (AvgIpc) is 2.61. The van der Waals surface area contributed by atoms with Gasteiger partial charge < -0.3 is 10.6 Å². The van der Waals surface area contributed by atoms with Crippen molar-refractivity contribution in [2.45, 2.75) is 32.1 Å². The van der Waals surface area contributed by atoms with E-state index in [0.29, 0.717) is 5.92 Å². The molecular formula is C19H26F2N2O. The van der Waals surface area contributed by atoms with Gasteiger partial charge in [0.05, 0.1) is 5.56 Å². The molecule has 0 spiro atoms. The van der Waals surface area contributed by atoms with Gasteiger partial charge in [-0.1, -0.05) is 0 Å². The summed E-state index contributed by atoms with van der Waals surface area (Å²) in [6.45, 7) is 3.80. The zero-order valence-corrected chi connectivity index (χ0v) is 14.0. The molecule has 24 heavy (non-hydrogen) atoms. The van der Waals surface area contributed by atoms with E-state index in [1.54, 1.807) is 0 Å². The normalized spacial score (nSPS) is 21.6. The number of hydrogen-bond acceptors (Lipinski definition) is 3. The van der Waals surface area contributed by atoms with E-state index in [-0.39, 0.29) is 23.2 Å². The summed E-state index contributed by atoms with van der Waals surface area (Å²) in [5, 5.41) is 6.67. The molecule has 1 aromatic rings. The third kappa shape index (κ3) is 4.19. The number of Topliss-reactive ketones (excluding diaryl/α,β-unsaturated/α-hetero) is 1. The van der Waals surface area contributed by atoms with Crippen LogP contribution in [0.1, 0.15) is 42.5 Å². The highest BCUT2D eigenvalue weighted by atomic mass is 19.1. The molecule has 0 amide bonds. The van der Waals surface area contributed by atoms with Gasteiger partial charge in [0, 0.05) is 12.0 Å². The van der Waals surface area contributed by atoms with Gasteiger partial charge in [0.15, 0.2) is 5.78 Å². The van der Waals surface area contributed by atoms with Gasteiger partial charge in [-0.25, -0.2) is 8.78 Å². The largest absolute Gasteiger partial charge is 0.317 e. The highest BCUT2D eigenvalue weighted by molar-refractivity contribution is 5.98. The van der Waals surface area contributed by atoms with Crippen LogP contribution in [0.15, 0.2) is 18.2 Å². The Labute approximate surface area is 142 Å². The molecule has 1 atom stereocenters. The molecular weight excluding hydrogens is 310 g/mol. The Bertz CT molecular complexity index is 566. The fourth-order valence-corrected chi connectivity index (χ4v) is 4.13. The minimum absolute atomic E-state index is 0.0499. The van der Waals surface area contributed by atoms with Crippen molar-refractivity contribution >= 4 is 5.78 Å². The molecule has 1 unspecified atom stereocenters. The van der Waals surface area contributed by atoms with Gasteiger partial charge in [-0.05, 0) is 82.3 Å². The number of piperidine rings is 2. The number of hydrogen-bond donors (Lipinski definition) is 2. The first-order chi connectivity index (χ1) is 11.6. The standard InChI is InChI=1S/C19H26F2N2O/c20-15-1-2-16(18(21)12-15)19(24)17(14-5-9-23-10-6-14)11-13-3-7-22-8-4-13/h1-2,12-14,17,22-23H,3-11H2. The van der Waals surface area contributed by atoms with Crippen LogP contribution < -0.4 is 10.6 Å². The Balaban J connectivity index is 1.80. The van der Waals surface area contributed by atoms with E-state index in [4.69, 9.17) is 0 Å². The first-order valence-corrected chi connectivity index (χ1v) is 9.06. The number of nitrogens with one attached hydrogen (secondary N) is 2. The van der Waals surface area contributed by atoms with Crippen molar-refractivity contribution in [3.8, 4) is 0 Å². The highest BCUT2D eigenvalue weighted by Crippen LogP contribution is 2.33. The quantitative estimate of drug-likeness (QED) is 0.812. The predicted octanol–water partition coefficient (Wildman–Crippen LogP) is 3.15. The molecule has 2 aliphatic rings. The second-order valence-electron chi connectivity index (χ2n) is 7.11. The fourth-order valence-electron chi connectivity index (χ4n) is 4.13. The second kappa shape index (κ2) is 8.17. The van der Waals surface area contributed by atoms with Gasteiger partial charge in [-0.2, -0.15) is 0 Å². The van der Waals surface area contributed by atoms with Crippen LogP contribution in [0.5, 0.6) is 0 Å².